The van der Waals surface area contributed by atoms with E-state index in [1.165, 1.54) is 12.1 Å². The molecule has 7 rings (SSSR count). The normalized spacial score (nSPS) is 13.4. The standard InChI is InChI=1S/C36H30FN5O4/c1-20-8-9-23(33(43)40-36(16-17-36)35-39-32(41-42-35)25-6-4-5-7-28(25)45-3)19-26(20)22-12-15-29-27(18-22)30(34(44)38-2)31(46-29)21-10-13-24(37)14-11-21/h4-15,18-19H,16-17H2,1-3H3,(H,38,44)(H,40,43)(H,39,41,42). The Kier molecular flexibility index (Phi) is 7.12. The third kappa shape index (κ3) is 5.07. The second-order valence-electron chi connectivity index (χ2n) is 11.4. The van der Waals surface area contributed by atoms with E-state index in [4.69, 9.17) is 14.1 Å². The molecule has 2 amide bonds. The van der Waals surface area contributed by atoms with Gasteiger partial charge in [0.15, 0.2) is 11.6 Å². The van der Waals surface area contributed by atoms with E-state index in [0.717, 1.165) is 35.1 Å². The molecule has 2 aromatic heterocycles. The third-order valence-corrected chi connectivity index (χ3v) is 8.45. The van der Waals surface area contributed by atoms with Crippen molar-refractivity contribution < 1.29 is 23.1 Å². The lowest BCUT2D eigenvalue weighted by Crippen LogP contribution is -2.35. The predicted octanol–water partition coefficient (Wildman–Crippen LogP) is 6.79. The highest BCUT2D eigenvalue weighted by Gasteiger charge is 2.49. The fourth-order valence-corrected chi connectivity index (χ4v) is 5.76. The number of nitrogens with one attached hydrogen (secondary N) is 3. The maximum Gasteiger partial charge on any atom is 0.255 e. The number of carbonyl (C=O) groups is 2. The number of furan rings is 1. The lowest BCUT2D eigenvalue weighted by atomic mass is 9.95. The summed E-state index contributed by atoms with van der Waals surface area (Å²) in [6.07, 6.45) is 1.46. The number of benzene rings is 4. The largest absolute Gasteiger partial charge is 0.496 e. The zero-order valence-corrected chi connectivity index (χ0v) is 25.4. The van der Waals surface area contributed by atoms with Crippen LogP contribution in [0.1, 0.15) is 44.9 Å². The number of para-hydroxylation sites is 1. The fourth-order valence-electron chi connectivity index (χ4n) is 5.76. The van der Waals surface area contributed by atoms with Gasteiger partial charge in [0.05, 0.1) is 23.8 Å². The Bertz CT molecular complexity index is 2130. The van der Waals surface area contributed by atoms with Crippen LogP contribution in [0.4, 0.5) is 4.39 Å². The van der Waals surface area contributed by atoms with Crippen LogP contribution in [0.5, 0.6) is 5.75 Å². The first-order valence-corrected chi connectivity index (χ1v) is 14.8. The van der Waals surface area contributed by atoms with Crippen LogP contribution >= 0.6 is 0 Å². The van der Waals surface area contributed by atoms with Crippen LogP contribution in [0.2, 0.25) is 0 Å². The molecule has 230 valence electrons. The van der Waals surface area contributed by atoms with E-state index in [0.29, 0.717) is 50.8 Å². The van der Waals surface area contributed by atoms with E-state index in [2.05, 4.69) is 20.8 Å². The number of aromatic amines is 1. The summed E-state index contributed by atoms with van der Waals surface area (Å²) >= 11 is 0. The first-order valence-electron chi connectivity index (χ1n) is 14.8. The van der Waals surface area contributed by atoms with Crippen LogP contribution in [0.3, 0.4) is 0 Å². The zero-order chi connectivity index (χ0) is 32.0. The number of aryl methyl sites for hydroxylation is 1. The topological polar surface area (TPSA) is 122 Å². The smallest absolute Gasteiger partial charge is 0.255 e. The van der Waals surface area contributed by atoms with Crippen molar-refractivity contribution >= 4 is 22.8 Å². The van der Waals surface area contributed by atoms with Crippen LogP contribution in [-0.4, -0.2) is 41.2 Å². The average molecular weight is 616 g/mol. The third-order valence-electron chi connectivity index (χ3n) is 8.45. The molecule has 0 unspecified atom stereocenters. The van der Waals surface area contributed by atoms with E-state index >= 15 is 0 Å². The first kappa shape index (κ1) is 29.0. The monoisotopic (exact) mass is 615 g/mol. The van der Waals surface area contributed by atoms with Gasteiger partial charge >= 0.3 is 0 Å². The van der Waals surface area contributed by atoms with Gasteiger partial charge in [-0.2, -0.15) is 5.10 Å². The summed E-state index contributed by atoms with van der Waals surface area (Å²) in [4.78, 5) is 31.4. The molecule has 9 nitrogen and oxygen atoms in total. The number of fused-ring (bicyclic) bond motifs is 1. The molecule has 0 saturated heterocycles. The SMILES string of the molecule is CNC(=O)c1c(-c2ccc(F)cc2)oc2ccc(-c3cc(C(=O)NC4(c5nc(-c6ccccc6OC)n[nH]5)CC4)ccc3C)cc12. The van der Waals surface area contributed by atoms with Crippen molar-refractivity contribution in [3.8, 4) is 39.6 Å². The van der Waals surface area contributed by atoms with Gasteiger partial charge in [0.1, 0.15) is 22.9 Å². The van der Waals surface area contributed by atoms with E-state index in [9.17, 15) is 14.0 Å². The lowest BCUT2D eigenvalue weighted by molar-refractivity contribution is 0.0927. The number of ether oxygens (including phenoxy) is 1. The zero-order valence-electron chi connectivity index (χ0n) is 25.4. The Morgan fingerprint density at radius 3 is 2.43 bits per heavy atom. The Morgan fingerprint density at radius 2 is 1.70 bits per heavy atom. The molecule has 1 aliphatic carbocycles. The number of carbonyl (C=O) groups excluding carboxylic acids is 2. The molecular weight excluding hydrogens is 585 g/mol. The van der Waals surface area contributed by atoms with Gasteiger partial charge in [-0.05, 0) is 97.1 Å². The molecule has 0 spiro atoms. The van der Waals surface area contributed by atoms with E-state index in [-0.39, 0.29) is 17.6 Å². The fraction of sp³-hybridized carbons (Fsp3) is 0.167. The van der Waals surface area contributed by atoms with Crippen molar-refractivity contribution in [2.75, 3.05) is 14.2 Å². The maximum atomic E-state index is 13.6. The molecule has 1 saturated carbocycles. The van der Waals surface area contributed by atoms with Crippen LogP contribution < -0.4 is 15.4 Å². The number of nitrogens with zero attached hydrogens (tertiary/aromatic N) is 2. The van der Waals surface area contributed by atoms with Gasteiger partial charge in [-0.3, -0.25) is 14.7 Å². The van der Waals surface area contributed by atoms with Crippen molar-refractivity contribution in [2.24, 2.45) is 0 Å². The Balaban J connectivity index is 1.20. The number of hydrogen-bond acceptors (Lipinski definition) is 6. The van der Waals surface area contributed by atoms with Crippen molar-refractivity contribution in [3.63, 3.8) is 0 Å². The molecule has 0 atom stereocenters. The quantitative estimate of drug-likeness (QED) is 0.173. The lowest BCUT2D eigenvalue weighted by Gasteiger charge is -2.16. The number of methoxy groups -OCH3 is 1. The van der Waals surface area contributed by atoms with Gasteiger partial charge in [0.2, 0.25) is 0 Å². The predicted molar refractivity (Wildman–Crippen MR) is 172 cm³/mol. The summed E-state index contributed by atoms with van der Waals surface area (Å²) in [5.41, 5.74) is 4.68. The molecule has 1 aliphatic rings. The summed E-state index contributed by atoms with van der Waals surface area (Å²) in [7, 11) is 3.15. The molecule has 0 bridgehead atoms. The molecule has 2 heterocycles. The summed E-state index contributed by atoms with van der Waals surface area (Å²) in [6, 6.07) is 24.5. The molecule has 10 heteroatoms. The molecular formula is C36H30FN5O4. The van der Waals surface area contributed by atoms with Crippen molar-refractivity contribution in [2.45, 2.75) is 25.3 Å². The van der Waals surface area contributed by atoms with Gasteiger partial charge in [-0.25, -0.2) is 9.37 Å². The highest BCUT2D eigenvalue weighted by atomic mass is 19.1. The van der Waals surface area contributed by atoms with Crippen LogP contribution in [0.15, 0.2) is 89.3 Å². The van der Waals surface area contributed by atoms with Gasteiger partial charge < -0.3 is 19.8 Å². The molecule has 6 aromatic rings. The number of amides is 2. The maximum absolute atomic E-state index is 13.6. The first-order chi connectivity index (χ1) is 22.3. The number of halogens is 1. The minimum Gasteiger partial charge on any atom is -0.496 e. The summed E-state index contributed by atoms with van der Waals surface area (Å²) in [5, 5.41) is 13.9. The summed E-state index contributed by atoms with van der Waals surface area (Å²) < 4.78 is 25.2. The van der Waals surface area contributed by atoms with Crippen LogP contribution in [-0.2, 0) is 5.54 Å². The summed E-state index contributed by atoms with van der Waals surface area (Å²) in [5.74, 6) is 1.18. The van der Waals surface area contributed by atoms with E-state index in [1.54, 1.807) is 38.4 Å². The van der Waals surface area contributed by atoms with E-state index < -0.39 is 5.54 Å². The number of rotatable bonds is 8. The molecule has 0 aliphatic heterocycles. The molecule has 0 radical (unpaired) electrons. The minimum absolute atomic E-state index is 0.233. The molecule has 1 fully saturated rings. The number of hydrogen-bond donors (Lipinski definition) is 3. The highest BCUT2D eigenvalue weighted by Crippen LogP contribution is 2.45. The highest BCUT2D eigenvalue weighted by molar-refractivity contribution is 6.12. The van der Waals surface area contributed by atoms with Crippen molar-refractivity contribution in [3.05, 3.63) is 113 Å². The van der Waals surface area contributed by atoms with Crippen LogP contribution in [0.25, 0.3) is 44.8 Å². The van der Waals surface area contributed by atoms with Gasteiger partial charge in [-0.15, -0.1) is 0 Å². The Hall–Kier alpha value is -5.77. The van der Waals surface area contributed by atoms with E-state index in [1.807, 2.05) is 55.5 Å². The molecule has 3 N–H and O–H groups in total. The van der Waals surface area contributed by atoms with Gasteiger partial charge in [0.25, 0.3) is 11.8 Å². The Morgan fingerprint density at radius 1 is 0.935 bits per heavy atom. The summed E-state index contributed by atoms with van der Waals surface area (Å²) in [6.45, 7) is 1.97. The Labute approximate surface area is 263 Å². The van der Waals surface area contributed by atoms with Gasteiger partial charge in [0, 0.05) is 23.6 Å². The van der Waals surface area contributed by atoms with Crippen molar-refractivity contribution in [1.29, 1.82) is 0 Å². The van der Waals surface area contributed by atoms with Crippen molar-refractivity contribution in [1.82, 2.24) is 25.8 Å². The van der Waals surface area contributed by atoms with Crippen LogP contribution in [0, 0.1) is 12.7 Å². The molecule has 46 heavy (non-hydrogen) atoms. The van der Waals surface area contributed by atoms with Gasteiger partial charge in [-0.1, -0.05) is 24.3 Å². The molecule has 4 aromatic carbocycles. The second-order valence-corrected chi connectivity index (χ2v) is 11.4. The number of H-pyrrole nitrogens is 1. The number of aromatic nitrogens is 3. The minimum atomic E-state index is -0.635. The second kappa shape index (κ2) is 11.3. The average Bonchev–Trinajstić information content (AvgIpc) is 3.50.